The lowest BCUT2D eigenvalue weighted by Gasteiger charge is -2.34. The lowest BCUT2D eigenvalue weighted by molar-refractivity contribution is -0.123. The molecule has 0 saturated carbocycles. The molecule has 0 unspecified atom stereocenters. The molecule has 2 heterocycles. The van der Waals surface area contributed by atoms with Crippen molar-refractivity contribution in [2.75, 3.05) is 4.90 Å². The van der Waals surface area contributed by atoms with E-state index in [-0.39, 0.29) is 17.5 Å². The third-order valence-corrected chi connectivity index (χ3v) is 5.16. The van der Waals surface area contributed by atoms with Gasteiger partial charge in [-0.05, 0) is 81.0 Å². The van der Waals surface area contributed by atoms with Gasteiger partial charge >= 0.3 is 0 Å². The van der Waals surface area contributed by atoms with Gasteiger partial charge in [-0.1, -0.05) is 16.6 Å². The monoisotopic (exact) mass is 423 g/mol. The van der Waals surface area contributed by atoms with E-state index >= 15 is 0 Å². The minimum absolute atomic E-state index is 0.198. The molecule has 7 nitrogen and oxygen atoms in total. The number of carbonyl (C=O) groups is 2. The molecule has 1 atom stereocenters. The summed E-state index contributed by atoms with van der Waals surface area (Å²) in [5.41, 5.74) is 2.97. The first kappa shape index (κ1) is 21.6. The topological polar surface area (TPSA) is 88.1 Å². The highest BCUT2D eigenvalue weighted by molar-refractivity contribution is 7.03. The third kappa shape index (κ3) is 4.71. The van der Waals surface area contributed by atoms with E-state index in [4.69, 9.17) is 0 Å². The Hall–Kier alpha value is -3.13. The molecule has 156 valence electrons. The predicted molar refractivity (Wildman–Crippen MR) is 118 cm³/mol. The first-order chi connectivity index (χ1) is 14.2. The van der Waals surface area contributed by atoms with Crippen molar-refractivity contribution in [3.05, 3.63) is 70.5 Å². The van der Waals surface area contributed by atoms with Gasteiger partial charge in [-0.25, -0.2) is 0 Å². The molecule has 0 saturated heterocycles. The molecule has 0 bridgehead atoms. The molecular formula is C22H25N5O2S. The first-order valence-electron chi connectivity index (χ1n) is 9.58. The minimum atomic E-state index is -0.901. The van der Waals surface area contributed by atoms with Crippen LogP contribution in [0.25, 0.3) is 0 Å². The normalized spacial score (nSPS) is 12.3. The average molecular weight is 424 g/mol. The van der Waals surface area contributed by atoms with Gasteiger partial charge in [-0.2, -0.15) is 0 Å². The van der Waals surface area contributed by atoms with E-state index in [2.05, 4.69) is 19.9 Å². The number of nitrogens with zero attached hydrogens (tertiary/aromatic N) is 4. The molecule has 0 spiro atoms. The van der Waals surface area contributed by atoms with E-state index in [9.17, 15) is 9.59 Å². The zero-order valence-corrected chi connectivity index (χ0v) is 18.5. The van der Waals surface area contributed by atoms with Gasteiger partial charge in [0.15, 0.2) is 5.69 Å². The number of nitrogens with one attached hydrogen (secondary N) is 1. The second-order valence-electron chi connectivity index (χ2n) is 8.11. The Balaban J connectivity index is 2.22. The fraction of sp³-hybridized carbons (Fsp3) is 0.318. The second-order valence-corrected chi connectivity index (χ2v) is 8.72. The molecule has 1 N–H and O–H groups in total. The van der Waals surface area contributed by atoms with Gasteiger partial charge < -0.3 is 5.32 Å². The molecule has 0 radical (unpaired) electrons. The molecule has 0 aliphatic carbocycles. The minimum Gasteiger partial charge on any atom is -0.349 e. The van der Waals surface area contributed by atoms with Crippen molar-refractivity contribution in [2.24, 2.45) is 0 Å². The largest absolute Gasteiger partial charge is 0.349 e. The fourth-order valence-electron chi connectivity index (χ4n) is 3.14. The van der Waals surface area contributed by atoms with Gasteiger partial charge in [0.05, 0.1) is 0 Å². The van der Waals surface area contributed by atoms with E-state index in [1.54, 1.807) is 29.9 Å². The number of anilines is 1. The average Bonchev–Trinajstić information content (AvgIpc) is 3.22. The van der Waals surface area contributed by atoms with Crippen LogP contribution >= 0.6 is 11.5 Å². The van der Waals surface area contributed by atoms with Crippen LogP contribution in [0.1, 0.15) is 54.0 Å². The summed E-state index contributed by atoms with van der Waals surface area (Å²) in [6.45, 7) is 9.63. The summed E-state index contributed by atoms with van der Waals surface area (Å²) in [4.78, 5) is 32.6. The van der Waals surface area contributed by atoms with Gasteiger partial charge in [0.25, 0.3) is 5.91 Å². The van der Waals surface area contributed by atoms with Gasteiger partial charge in [-0.15, -0.1) is 5.10 Å². The highest BCUT2D eigenvalue weighted by Gasteiger charge is 2.36. The summed E-state index contributed by atoms with van der Waals surface area (Å²) in [5.74, 6) is -0.672. The fourth-order valence-corrected chi connectivity index (χ4v) is 3.57. The summed E-state index contributed by atoms with van der Waals surface area (Å²) < 4.78 is 3.83. The van der Waals surface area contributed by atoms with E-state index in [0.29, 0.717) is 11.3 Å². The third-order valence-electron chi connectivity index (χ3n) is 4.66. The Kier molecular flexibility index (Phi) is 6.26. The quantitative estimate of drug-likeness (QED) is 0.673. The molecule has 8 heteroatoms. The Morgan fingerprint density at radius 3 is 2.40 bits per heavy atom. The Bertz CT molecular complexity index is 1030. The van der Waals surface area contributed by atoms with Gasteiger partial charge in [0, 0.05) is 29.0 Å². The maximum atomic E-state index is 13.6. The summed E-state index contributed by atoms with van der Waals surface area (Å²) in [6.07, 6.45) is 3.23. The molecule has 2 aromatic heterocycles. The zero-order chi connectivity index (χ0) is 21.9. The van der Waals surface area contributed by atoms with Gasteiger partial charge in [-0.3, -0.25) is 19.5 Å². The van der Waals surface area contributed by atoms with Crippen LogP contribution in [0.5, 0.6) is 0 Å². The zero-order valence-electron chi connectivity index (χ0n) is 17.7. The smallest absolute Gasteiger partial charge is 0.280 e. The number of amides is 2. The molecule has 30 heavy (non-hydrogen) atoms. The molecule has 2 amide bonds. The van der Waals surface area contributed by atoms with E-state index in [1.165, 1.54) is 4.90 Å². The highest BCUT2D eigenvalue weighted by atomic mass is 32.1. The summed E-state index contributed by atoms with van der Waals surface area (Å²) >= 11 is 1.09. The van der Waals surface area contributed by atoms with E-state index < -0.39 is 11.6 Å². The van der Waals surface area contributed by atoms with Crippen LogP contribution in [0.4, 0.5) is 5.69 Å². The Morgan fingerprint density at radius 1 is 1.10 bits per heavy atom. The lowest BCUT2D eigenvalue weighted by atomic mass is 9.99. The number of aryl methyl sites for hydroxylation is 1. The summed E-state index contributed by atoms with van der Waals surface area (Å²) in [7, 11) is 0. The van der Waals surface area contributed by atoms with Crippen LogP contribution < -0.4 is 10.2 Å². The lowest BCUT2D eigenvalue weighted by Crippen LogP contribution is -2.49. The second kappa shape index (κ2) is 8.71. The number of carbonyl (C=O) groups excluding carboxylic acids is 2. The van der Waals surface area contributed by atoms with Gasteiger partial charge in [0.1, 0.15) is 6.04 Å². The van der Waals surface area contributed by atoms with Crippen molar-refractivity contribution in [3.63, 3.8) is 0 Å². The molecule has 3 aromatic rings. The Morgan fingerprint density at radius 2 is 1.80 bits per heavy atom. The number of pyridine rings is 1. The van der Waals surface area contributed by atoms with Crippen LogP contribution in [0.3, 0.4) is 0 Å². The highest BCUT2D eigenvalue weighted by Crippen LogP contribution is 2.33. The number of aromatic nitrogens is 3. The molecule has 0 fully saturated rings. The summed E-state index contributed by atoms with van der Waals surface area (Å²) in [6, 6.07) is 8.29. The number of benzene rings is 1. The van der Waals surface area contributed by atoms with Crippen molar-refractivity contribution in [3.8, 4) is 0 Å². The van der Waals surface area contributed by atoms with Gasteiger partial charge in [0.2, 0.25) is 5.91 Å². The Labute approximate surface area is 180 Å². The molecule has 1 aromatic carbocycles. The van der Waals surface area contributed by atoms with Crippen LogP contribution in [0.2, 0.25) is 0 Å². The van der Waals surface area contributed by atoms with Crippen molar-refractivity contribution < 1.29 is 9.59 Å². The predicted octanol–water partition coefficient (Wildman–Crippen LogP) is 3.85. The van der Waals surface area contributed by atoms with Crippen molar-refractivity contribution in [1.82, 2.24) is 19.9 Å². The van der Waals surface area contributed by atoms with Crippen molar-refractivity contribution >= 4 is 29.0 Å². The standard InChI is InChI=1S/C22H25N5O2S/c1-14-7-6-8-18(15(14)2)27(21(29)17-13-30-26-25-17)19(16-9-11-23-12-10-16)20(28)24-22(3,4)5/h6-13,19H,1-5H3,(H,24,28)/t19-/m0/s1. The maximum Gasteiger partial charge on any atom is 0.280 e. The molecule has 3 rings (SSSR count). The van der Waals surface area contributed by atoms with Crippen LogP contribution in [0, 0.1) is 13.8 Å². The number of rotatable bonds is 5. The van der Waals surface area contributed by atoms with Crippen LogP contribution in [-0.4, -0.2) is 31.9 Å². The van der Waals surface area contributed by atoms with Crippen LogP contribution in [-0.2, 0) is 4.79 Å². The number of hydrogen-bond acceptors (Lipinski definition) is 6. The molecular weight excluding hydrogens is 398 g/mol. The number of hydrogen-bond donors (Lipinski definition) is 1. The molecule has 0 aliphatic rings. The SMILES string of the molecule is Cc1cccc(N(C(=O)c2csnn2)[C@H](C(=O)NC(C)(C)C)c2ccncc2)c1C. The van der Waals surface area contributed by atoms with Crippen molar-refractivity contribution in [2.45, 2.75) is 46.2 Å². The molecule has 0 aliphatic heterocycles. The first-order valence-corrected chi connectivity index (χ1v) is 10.4. The maximum absolute atomic E-state index is 13.6. The summed E-state index contributed by atoms with van der Waals surface area (Å²) in [5, 5.41) is 8.56. The van der Waals surface area contributed by atoms with Crippen molar-refractivity contribution in [1.29, 1.82) is 0 Å². The van der Waals surface area contributed by atoms with Crippen LogP contribution in [0.15, 0.2) is 48.1 Å². The van der Waals surface area contributed by atoms with E-state index in [0.717, 1.165) is 22.7 Å². The van der Waals surface area contributed by atoms with E-state index in [1.807, 2.05) is 52.8 Å².